The van der Waals surface area contributed by atoms with Crippen molar-refractivity contribution in [3.63, 3.8) is 0 Å². The summed E-state index contributed by atoms with van der Waals surface area (Å²) in [5.74, 6) is 0.996. The average Bonchev–Trinajstić information content (AvgIpc) is 2.73. The van der Waals surface area contributed by atoms with Crippen molar-refractivity contribution in [2.45, 2.75) is 30.9 Å². The second-order valence-electron chi connectivity index (χ2n) is 3.77. The molecule has 2 N–H and O–H groups in total. The zero-order valence-electron chi connectivity index (χ0n) is 8.90. The summed E-state index contributed by atoms with van der Waals surface area (Å²) in [5, 5.41) is 1.04. The van der Waals surface area contributed by atoms with Gasteiger partial charge in [-0.05, 0) is 31.9 Å². The summed E-state index contributed by atoms with van der Waals surface area (Å²) in [6, 6.07) is 3.89. The number of anilines is 1. The van der Waals surface area contributed by atoms with Gasteiger partial charge in [0.2, 0.25) is 0 Å². The van der Waals surface area contributed by atoms with E-state index in [-0.39, 0.29) is 0 Å². The van der Waals surface area contributed by atoms with Crippen LogP contribution in [0.3, 0.4) is 0 Å². The highest BCUT2D eigenvalue weighted by atomic mass is 32.2. The number of ether oxygens (including phenoxy) is 1. The third-order valence-electron chi connectivity index (χ3n) is 2.54. The van der Waals surface area contributed by atoms with E-state index in [4.69, 9.17) is 10.5 Å². The number of nitrogen functional groups attached to an aromatic ring is 1. The molecule has 1 saturated heterocycles. The van der Waals surface area contributed by atoms with Gasteiger partial charge in [-0.1, -0.05) is 0 Å². The molecule has 2 heterocycles. The zero-order chi connectivity index (χ0) is 10.7. The SMILES string of the molecule is Cc1nc(SCC2CCCO2)ccc1N. The highest BCUT2D eigenvalue weighted by Crippen LogP contribution is 2.23. The van der Waals surface area contributed by atoms with Crippen molar-refractivity contribution in [3.05, 3.63) is 17.8 Å². The lowest BCUT2D eigenvalue weighted by Crippen LogP contribution is -2.08. The van der Waals surface area contributed by atoms with Gasteiger partial charge in [-0.3, -0.25) is 0 Å². The van der Waals surface area contributed by atoms with Gasteiger partial charge in [0.25, 0.3) is 0 Å². The molecule has 0 saturated carbocycles. The molecule has 1 aliphatic rings. The molecule has 0 radical (unpaired) electrons. The van der Waals surface area contributed by atoms with Crippen molar-refractivity contribution >= 4 is 17.4 Å². The summed E-state index contributed by atoms with van der Waals surface area (Å²) < 4.78 is 5.56. The number of aryl methyl sites for hydroxylation is 1. The van der Waals surface area contributed by atoms with Crippen LogP contribution in [0.1, 0.15) is 18.5 Å². The lowest BCUT2D eigenvalue weighted by Gasteiger charge is -2.08. The van der Waals surface area contributed by atoms with E-state index < -0.39 is 0 Å². The third-order valence-corrected chi connectivity index (χ3v) is 3.60. The number of rotatable bonds is 3. The number of hydrogen-bond donors (Lipinski definition) is 1. The molecule has 0 bridgehead atoms. The molecule has 1 aromatic rings. The number of pyridine rings is 1. The van der Waals surface area contributed by atoms with Crippen molar-refractivity contribution in [1.29, 1.82) is 0 Å². The molecule has 0 spiro atoms. The summed E-state index contributed by atoms with van der Waals surface area (Å²) in [4.78, 5) is 4.42. The van der Waals surface area contributed by atoms with Crippen LogP contribution in [0.5, 0.6) is 0 Å². The van der Waals surface area contributed by atoms with E-state index in [0.717, 1.165) is 28.8 Å². The van der Waals surface area contributed by atoms with Gasteiger partial charge >= 0.3 is 0 Å². The molecule has 1 atom stereocenters. The van der Waals surface area contributed by atoms with Crippen LogP contribution in [0.25, 0.3) is 0 Å². The predicted octanol–water partition coefficient (Wildman–Crippen LogP) is 2.24. The first-order chi connectivity index (χ1) is 7.25. The van der Waals surface area contributed by atoms with Crippen LogP contribution in [0.2, 0.25) is 0 Å². The topological polar surface area (TPSA) is 48.1 Å². The van der Waals surface area contributed by atoms with Gasteiger partial charge in [-0.15, -0.1) is 11.8 Å². The molecule has 0 amide bonds. The Morgan fingerprint density at radius 3 is 3.13 bits per heavy atom. The minimum absolute atomic E-state index is 0.412. The Kier molecular flexibility index (Phi) is 3.49. The Balaban J connectivity index is 1.90. The monoisotopic (exact) mass is 224 g/mol. The Labute approximate surface area is 94.4 Å². The van der Waals surface area contributed by atoms with Gasteiger partial charge in [-0.2, -0.15) is 0 Å². The lowest BCUT2D eigenvalue weighted by atomic mass is 10.3. The average molecular weight is 224 g/mol. The van der Waals surface area contributed by atoms with E-state index >= 15 is 0 Å². The molecule has 0 aromatic carbocycles. The van der Waals surface area contributed by atoms with E-state index in [9.17, 15) is 0 Å². The van der Waals surface area contributed by atoms with Gasteiger partial charge in [-0.25, -0.2) is 4.98 Å². The van der Waals surface area contributed by atoms with Gasteiger partial charge in [0.1, 0.15) is 0 Å². The molecule has 1 aromatic heterocycles. The highest BCUT2D eigenvalue weighted by molar-refractivity contribution is 7.99. The van der Waals surface area contributed by atoms with E-state index in [1.54, 1.807) is 11.8 Å². The van der Waals surface area contributed by atoms with Crippen molar-refractivity contribution in [2.75, 3.05) is 18.1 Å². The molecular weight excluding hydrogens is 208 g/mol. The van der Waals surface area contributed by atoms with Crippen LogP contribution >= 0.6 is 11.8 Å². The second-order valence-corrected chi connectivity index (χ2v) is 4.81. The standard InChI is InChI=1S/C11H16N2OS/c1-8-10(12)4-5-11(13-8)15-7-9-3-2-6-14-9/h4-5,9H,2-3,6-7,12H2,1H3. The first kappa shape index (κ1) is 10.8. The molecule has 1 aliphatic heterocycles. The van der Waals surface area contributed by atoms with Crippen LogP contribution in [0, 0.1) is 6.92 Å². The van der Waals surface area contributed by atoms with Crippen LogP contribution in [0.15, 0.2) is 17.2 Å². The van der Waals surface area contributed by atoms with Crippen LogP contribution in [0.4, 0.5) is 5.69 Å². The van der Waals surface area contributed by atoms with Crippen molar-refractivity contribution in [2.24, 2.45) is 0 Å². The fourth-order valence-corrected chi connectivity index (χ4v) is 2.57. The first-order valence-electron chi connectivity index (χ1n) is 5.23. The van der Waals surface area contributed by atoms with Gasteiger partial charge in [0, 0.05) is 12.4 Å². The summed E-state index contributed by atoms with van der Waals surface area (Å²) in [6.45, 7) is 2.85. The minimum atomic E-state index is 0.412. The zero-order valence-corrected chi connectivity index (χ0v) is 9.72. The molecule has 2 rings (SSSR count). The largest absolute Gasteiger partial charge is 0.397 e. The molecule has 1 fully saturated rings. The van der Waals surface area contributed by atoms with Gasteiger partial charge in [0.15, 0.2) is 0 Å². The normalized spacial score (nSPS) is 20.7. The highest BCUT2D eigenvalue weighted by Gasteiger charge is 2.15. The molecule has 0 aliphatic carbocycles. The molecular formula is C11H16N2OS. The second kappa shape index (κ2) is 4.86. The minimum Gasteiger partial charge on any atom is -0.397 e. The Morgan fingerprint density at radius 1 is 1.60 bits per heavy atom. The van der Waals surface area contributed by atoms with Crippen molar-refractivity contribution in [1.82, 2.24) is 4.98 Å². The van der Waals surface area contributed by atoms with Crippen molar-refractivity contribution in [3.8, 4) is 0 Å². The van der Waals surface area contributed by atoms with E-state index in [0.29, 0.717) is 6.10 Å². The maximum Gasteiger partial charge on any atom is 0.0965 e. The predicted molar refractivity (Wildman–Crippen MR) is 63.1 cm³/mol. The quantitative estimate of drug-likeness (QED) is 0.800. The van der Waals surface area contributed by atoms with Crippen molar-refractivity contribution < 1.29 is 4.74 Å². The summed E-state index contributed by atoms with van der Waals surface area (Å²) in [7, 11) is 0. The fourth-order valence-electron chi connectivity index (χ4n) is 1.58. The lowest BCUT2D eigenvalue weighted by molar-refractivity contribution is 0.129. The van der Waals surface area contributed by atoms with Crippen LogP contribution in [-0.4, -0.2) is 23.4 Å². The number of hydrogen-bond acceptors (Lipinski definition) is 4. The maximum absolute atomic E-state index is 5.71. The van der Waals surface area contributed by atoms with Crippen LogP contribution in [-0.2, 0) is 4.74 Å². The van der Waals surface area contributed by atoms with Gasteiger partial charge in [0.05, 0.1) is 22.5 Å². The van der Waals surface area contributed by atoms with E-state index in [1.807, 2.05) is 19.1 Å². The summed E-state index contributed by atoms with van der Waals surface area (Å²) in [6.07, 6.45) is 2.79. The Morgan fingerprint density at radius 2 is 2.47 bits per heavy atom. The molecule has 4 heteroatoms. The first-order valence-corrected chi connectivity index (χ1v) is 6.22. The molecule has 15 heavy (non-hydrogen) atoms. The van der Waals surface area contributed by atoms with Crippen LogP contribution < -0.4 is 5.73 Å². The number of nitrogens with two attached hydrogens (primary N) is 1. The Hall–Kier alpha value is -0.740. The number of aromatic nitrogens is 1. The molecule has 3 nitrogen and oxygen atoms in total. The fraction of sp³-hybridized carbons (Fsp3) is 0.545. The Bertz CT molecular complexity index is 337. The number of nitrogens with zero attached hydrogens (tertiary/aromatic N) is 1. The molecule has 1 unspecified atom stereocenters. The number of thioether (sulfide) groups is 1. The maximum atomic E-state index is 5.71. The van der Waals surface area contributed by atoms with E-state index in [1.165, 1.54) is 12.8 Å². The summed E-state index contributed by atoms with van der Waals surface area (Å²) >= 11 is 1.75. The molecule has 82 valence electrons. The van der Waals surface area contributed by atoms with E-state index in [2.05, 4.69) is 4.98 Å². The smallest absolute Gasteiger partial charge is 0.0965 e. The van der Waals surface area contributed by atoms with Gasteiger partial charge < -0.3 is 10.5 Å². The third kappa shape index (κ3) is 2.86. The summed E-state index contributed by atoms with van der Waals surface area (Å²) in [5.41, 5.74) is 7.38.